The highest BCUT2D eigenvalue weighted by molar-refractivity contribution is 7.86. The molecule has 12 heavy (non-hydrogen) atoms. The summed E-state index contributed by atoms with van der Waals surface area (Å²) in [5.41, 5.74) is 0.510. The van der Waals surface area contributed by atoms with Crippen LogP contribution in [0.5, 0.6) is 0 Å². The Labute approximate surface area is 76.6 Å². The second-order valence-corrected chi connectivity index (χ2v) is 4.33. The first kappa shape index (κ1) is 9.57. The summed E-state index contributed by atoms with van der Waals surface area (Å²) in [5.74, 6) is 0. The van der Waals surface area contributed by atoms with E-state index in [-0.39, 0.29) is 4.90 Å². The first-order valence-corrected chi connectivity index (χ1v) is 5.07. The van der Waals surface area contributed by atoms with E-state index in [1.54, 1.807) is 19.1 Å². The van der Waals surface area contributed by atoms with Crippen LogP contribution in [0.2, 0.25) is 0 Å². The maximum absolute atomic E-state index is 10.7. The molecule has 66 valence electrons. The summed E-state index contributed by atoms with van der Waals surface area (Å²) >= 11 is 3.96. The Morgan fingerprint density at radius 3 is 2.42 bits per heavy atom. The summed E-state index contributed by atoms with van der Waals surface area (Å²) in [5, 5.41) is 0. The van der Waals surface area contributed by atoms with Crippen LogP contribution in [0.1, 0.15) is 5.56 Å². The van der Waals surface area contributed by atoms with Crippen molar-refractivity contribution >= 4 is 22.7 Å². The minimum atomic E-state index is -4.10. The van der Waals surface area contributed by atoms with Crippen LogP contribution >= 0.6 is 12.6 Å². The van der Waals surface area contributed by atoms with Crippen molar-refractivity contribution in [2.24, 2.45) is 0 Å². The molecule has 0 amide bonds. The third kappa shape index (κ3) is 2.00. The maximum Gasteiger partial charge on any atom is 0.294 e. The van der Waals surface area contributed by atoms with Crippen molar-refractivity contribution in [2.45, 2.75) is 16.7 Å². The number of hydrogen-bond acceptors (Lipinski definition) is 3. The molecule has 0 saturated heterocycles. The normalized spacial score (nSPS) is 11.6. The van der Waals surface area contributed by atoms with Crippen molar-refractivity contribution < 1.29 is 13.0 Å². The fourth-order valence-corrected chi connectivity index (χ4v) is 1.91. The summed E-state index contributed by atoms with van der Waals surface area (Å²) in [6.07, 6.45) is 0. The van der Waals surface area contributed by atoms with E-state index in [1.165, 1.54) is 6.07 Å². The quantitative estimate of drug-likeness (QED) is 0.539. The number of aryl methyl sites for hydroxylation is 1. The molecule has 0 radical (unpaired) electrons. The molecule has 3 nitrogen and oxygen atoms in total. The van der Waals surface area contributed by atoms with Gasteiger partial charge in [0.2, 0.25) is 0 Å². The Bertz CT molecular complexity index is 395. The van der Waals surface area contributed by atoms with Gasteiger partial charge >= 0.3 is 0 Å². The Kier molecular flexibility index (Phi) is 2.46. The second kappa shape index (κ2) is 3.08. The van der Waals surface area contributed by atoms with E-state index in [1.807, 2.05) is 0 Å². The lowest BCUT2D eigenvalue weighted by Crippen LogP contribution is -2.00. The molecule has 0 spiro atoms. The maximum atomic E-state index is 10.7. The predicted molar refractivity (Wildman–Crippen MR) is 48.2 cm³/mol. The van der Waals surface area contributed by atoms with Crippen LogP contribution in [-0.2, 0) is 10.1 Å². The fraction of sp³-hybridized carbons (Fsp3) is 0.143. The van der Waals surface area contributed by atoms with Gasteiger partial charge in [0.25, 0.3) is 10.1 Å². The van der Waals surface area contributed by atoms with Crippen LogP contribution in [0.15, 0.2) is 28.0 Å². The molecular weight excluding hydrogens is 196 g/mol. The Balaban J connectivity index is 3.43. The highest BCUT2D eigenvalue weighted by Gasteiger charge is 2.12. The van der Waals surface area contributed by atoms with Crippen molar-refractivity contribution in [1.29, 1.82) is 0 Å². The first-order valence-electron chi connectivity index (χ1n) is 3.18. The van der Waals surface area contributed by atoms with Crippen molar-refractivity contribution in [2.75, 3.05) is 0 Å². The molecule has 0 aliphatic heterocycles. The largest absolute Gasteiger partial charge is 0.294 e. The van der Waals surface area contributed by atoms with E-state index in [0.29, 0.717) is 10.5 Å². The zero-order valence-electron chi connectivity index (χ0n) is 6.35. The Hall–Kier alpha value is -0.520. The Morgan fingerprint density at radius 1 is 1.42 bits per heavy atom. The average Bonchev–Trinajstić information content (AvgIpc) is 1.92. The Morgan fingerprint density at radius 2 is 2.00 bits per heavy atom. The van der Waals surface area contributed by atoms with Crippen LogP contribution in [0.3, 0.4) is 0 Å². The highest BCUT2D eigenvalue weighted by Crippen LogP contribution is 2.18. The van der Waals surface area contributed by atoms with E-state index in [0.717, 1.165) is 0 Å². The lowest BCUT2D eigenvalue weighted by Gasteiger charge is -2.01. The molecule has 1 aromatic carbocycles. The van der Waals surface area contributed by atoms with Crippen molar-refractivity contribution in [3.8, 4) is 0 Å². The number of rotatable bonds is 1. The van der Waals surface area contributed by atoms with E-state index in [4.69, 9.17) is 4.55 Å². The molecule has 0 fully saturated rings. The molecular formula is C7H8O3S2. The van der Waals surface area contributed by atoms with E-state index >= 15 is 0 Å². The molecule has 0 atom stereocenters. The molecule has 1 N–H and O–H groups in total. The van der Waals surface area contributed by atoms with Crippen LogP contribution in [0.4, 0.5) is 0 Å². The van der Waals surface area contributed by atoms with Gasteiger partial charge in [0.15, 0.2) is 0 Å². The average molecular weight is 204 g/mol. The monoisotopic (exact) mass is 204 g/mol. The predicted octanol–water partition coefficient (Wildman–Crippen LogP) is 1.53. The van der Waals surface area contributed by atoms with Crippen LogP contribution < -0.4 is 0 Å². The van der Waals surface area contributed by atoms with Gasteiger partial charge in [-0.05, 0) is 24.6 Å². The first-order chi connectivity index (χ1) is 5.41. The lowest BCUT2D eigenvalue weighted by atomic mass is 10.2. The lowest BCUT2D eigenvalue weighted by molar-refractivity contribution is 0.482. The molecule has 0 unspecified atom stereocenters. The molecule has 0 saturated carbocycles. The van der Waals surface area contributed by atoms with Gasteiger partial charge in [-0.2, -0.15) is 8.42 Å². The second-order valence-electron chi connectivity index (χ2n) is 2.42. The summed E-state index contributed by atoms with van der Waals surface area (Å²) in [6.45, 7) is 1.61. The third-order valence-corrected chi connectivity index (χ3v) is 2.72. The van der Waals surface area contributed by atoms with Crippen LogP contribution in [0.25, 0.3) is 0 Å². The SMILES string of the molecule is Cc1ccc(S)cc1S(=O)(=O)O. The minimum absolute atomic E-state index is 0.0880. The number of thiol groups is 1. The molecule has 5 heteroatoms. The number of benzene rings is 1. The summed E-state index contributed by atoms with van der Waals surface area (Å²) < 4.78 is 30.2. The van der Waals surface area contributed by atoms with Gasteiger partial charge in [-0.15, -0.1) is 12.6 Å². The molecule has 1 rings (SSSR count). The van der Waals surface area contributed by atoms with Gasteiger partial charge in [0.1, 0.15) is 0 Å². The van der Waals surface area contributed by atoms with Gasteiger partial charge in [-0.25, -0.2) is 0 Å². The van der Waals surface area contributed by atoms with Crippen molar-refractivity contribution in [1.82, 2.24) is 0 Å². The van der Waals surface area contributed by atoms with Crippen molar-refractivity contribution in [3.63, 3.8) is 0 Å². The standard InChI is InChI=1S/C7H8O3S2/c1-5-2-3-6(11)4-7(5)12(8,9)10/h2-4,11H,1H3,(H,8,9,10). The zero-order valence-corrected chi connectivity index (χ0v) is 8.06. The van der Waals surface area contributed by atoms with Gasteiger partial charge < -0.3 is 0 Å². The van der Waals surface area contributed by atoms with Gasteiger partial charge in [0.05, 0.1) is 4.90 Å². The summed E-state index contributed by atoms with van der Waals surface area (Å²) in [4.78, 5) is 0.420. The van der Waals surface area contributed by atoms with Crippen LogP contribution in [-0.4, -0.2) is 13.0 Å². The smallest absolute Gasteiger partial charge is 0.282 e. The molecule has 1 aromatic rings. The molecule has 0 bridgehead atoms. The molecule has 0 heterocycles. The minimum Gasteiger partial charge on any atom is -0.282 e. The summed E-state index contributed by atoms with van der Waals surface area (Å²) in [7, 11) is -4.10. The van der Waals surface area contributed by atoms with Gasteiger partial charge in [0, 0.05) is 4.90 Å². The van der Waals surface area contributed by atoms with Crippen molar-refractivity contribution in [3.05, 3.63) is 23.8 Å². The third-order valence-electron chi connectivity index (χ3n) is 1.45. The van der Waals surface area contributed by atoms with Gasteiger partial charge in [-0.3, -0.25) is 4.55 Å². The van der Waals surface area contributed by atoms with E-state index in [9.17, 15) is 8.42 Å². The van der Waals surface area contributed by atoms with Gasteiger partial charge in [-0.1, -0.05) is 6.07 Å². The van der Waals surface area contributed by atoms with Crippen LogP contribution in [0, 0.1) is 6.92 Å². The molecule has 0 aliphatic rings. The highest BCUT2D eigenvalue weighted by atomic mass is 32.2. The fourth-order valence-electron chi connectivity index (χ4n) is 0.867. The summed E-state index contributed by atoms with van der Waals surface area (Å²) in [6, 6.07) is 4.56. The van der Waals surface area contributed by atoms with E-state index in [2.05, 4.69) is 12.6 Å². The topological polar surface area (TPSA) is 54.4 Å². The van der Waals surface area contributed by atoms with E-state index < -0.39 is 10.1 Å². The zero-order chi connectivity index (χ0) is 9.35. The molecule has 0 aromatic heterocycles. The number of hydrogen-bond donors (Lipinski definition) is 2. The molecule has 0 aliphatic carbocycles.